The van der Waals surface area contributed by atoms with Gasteiger partial charge >= 0.3 is 0 Å². The molecule has 0 aliphatic heterocycles. The Kier molecular flexibility index (Phi) is 4.50. The lowest BCUT2D eigenvalue weighted by atomic mass is 10.0. The van der Waals surface area contributed by atoms with Gasteiger partial charge in [-0.25, -0.2) is 0 Å². The van der Waals surface area contributed by atoms with Gasteiger partial charge in [-0.05, 0) is 18.6 Å². The standard InChI is InChI=1S/C15H19NOS/c1-11(16)13-8-7-12-5-3-4-6-14(12)15(13)17-9-10-18-2/h3-8,11H,9-10,16H2,1-2H3/t11-/m0/s1. The minimum Gasteiger partial charge on any atom is -0.492 e. The average molecular weight is 261 g/mol. The number of hydrogen-bond acceptors (Lipinski definition) is 3. The molecule has 0 fully saturated rings. The fourth-order valence-electron chi connectivity index (χ4n) is 2.01. The first-order chi connectivity index (χ1) is 8.74. The number of fused-ring (bicyclic) bond motifs is 1. The Morgan fingerprint density at radius 2 is 2.00 bits per heavy atom. The molecule has 0 bridgehead atoms. The van der Waals surface area contributed by atoms with E-state index >= 15 is 0 Å². The van der Waals surface area contributed by atoms with Crippen LogP contribution in [-0.4, -0.2) is 18.6 Å². The van der Waals surface area contributed by atoms with Crippen molar-refractivity contribution in [1.82, 2.24) is 0 Å². The maximum absolute atomic E-state index is 6.02. The van der Waals surface area contributed by atoms with Crippen LogP contribution < -0.4 is 10.5 Å². The molecule has 0 amide bonds. The molecule has 2 nitrogen and oxygen atoms in total. The van der Waals surface area contributed by atoms with Gasteiger partial charge in [-0.1, -0.05) is 36.4 Å². The molecule has 0 aliphatic rings. The van der Waals surface area contributed by atoms with Crippen molar-refractivity contribution in [2.75, 3.05) is 18.6 Å². The molecule has 2 N–H and O–H groups in total. The molecule has 0 saturated heterocycles. The van der Waals surface area contributed by atoms with Crippen LogP contribution in [0, 0.1) is 0 Å². The maximum atomic E-state index is 6.02. The third kappa shape index (κ3) is 2.79. The molecule has 18 heavy (non-hydrogen) atoms. The summed E-state index contributed by atoms with van der Waals surface area (Å²) in [5.74, 6) is 1.93. The number of thioether (sulfide) groups is 1. The first-order valence-electron chi connectivity index (χ1n) is 6.13. The van der Waals surface area contributed by atoms with Crippen LogP contribution in [0.1, 0.15) is 18.5 Å². The van der Waals surface area contributed by atoms with Crippen LogP contribution in [0.5, 0.6) is 5.75 Å². The molecule has 0 radical (unpaired) electrons. The zero-order valence-corrected chi connectivity index (χ0v) is 11.7. The summed E-state index contributed by atoms with van der Waals surface area (Å²) in [6.45, 7) is 2.71. The lowest BCUT2D eigenvalue weighted by molar-refractivity contribution is 0.343. The fraction of sp³-hybridized carbons (Fsp3) is 0.333. The van der Waals surface area contributed by atoms with Crippen LogP contribution in [0.15, 0.2) is 36.4 Å². The predicted octanol–water partition coefficient (Wildman–Crippen LogP) is 3.60. The lowest BCUT2D eigenvalue weighted by Crippen LogP contribution is -2.09. The Hall–Kier alpha value is -1.19. The highest BCUT2D eigenvalue weighted by Gasteiger charge is 2.11. The zero-order chi connectivity index (χ0) is 13.0. The van der Waals surface area contributed by atoms with Gasteiger partial charge in [0.15, 0.2) is 0 Å². The normalized spacial score (nSPS) is 12.6. The fourth-order valence-corrected chi connectivity index (χ4v) is 2.26. The number of benzene rings is 2. The maximum Gasteiger partial charge on any atom is 0.131 e. The summed E-state index contributed by atoms with van der Waals surface area (Å²) in [5.41, 5.74) is 7.10. The molecule has 0 saturated carbocycles. The van der Waals surface area contributed by atoms with Crippen molar-refractivity contribution in [3.05, 3.63) is 42.0 Å². The third-order valence-electron chi connectivity index (χ3n) is 2.93. The predicted molar refractivity (Wildman–Crippen MR) is 80.4 cm³/mol. The summed E-state index contributed by atoms with van der Waals surface area (Å²) in [5, 5.41) is 2.34. The van der Waals surface area contributed by atoms with Crippen molar-refractivity contribution < 1.29 is 4.74 Å². The first-order valence-corrected chi connectivity index (χ1v) is 7.52. The van der Waals surface area contributed by atoms with Crippen LogP contribution in [-0.2, 0) is 0 Å². The number of ether oxygens (including phenoxy) is 1. The van der Waals surface area contributed by atoms with Crippen LogP contribution in [0.25, 0.3) is 10.8 Å². The molecule has 2 aromatic carbocycles. The van der Waals surface area contributed by atoms with E-state index in [1.807, 2.05) is 19.1 Å². The second-order valence-corrected chi connectivity index (χ2v) is 5.32. The monoisotopic (exact) mass is 261 g/mol. The summed E-state index contributed by atoms with van der Waals surface area (Å²) < 4.78 is 5.95. The first kappa shape index (κ1) is 13.2. The van der Waals surface area contributed by atoms with Crippen molar-refractivity contribution in [2.24, 2.45) is 5.73 Å². The van der Waals surface area contributed by atoms with Crippen molar-refractivity contribution >= 4 is 22.5 Å². The second kappa shape index (κ2) is 6.12. The molecular weight excluding hydrogens is 242 g/mol. The van der Waals surface area contributed by atoms with Gasteiger partial charge < -0.3 is 10.5 Å². The van der Waals surface area contributed by atoms with Crippen LogP contribution in [0.4, 0.5) is 0 Å². The van der Waals surface area contributed by atoms with Crippen LogP contribution in [0.2, 0.25) is 0 Å². The molecule has 3 heteroatoms. The van der Waals surface area contributed by atoms with Gasteiger partial charge in [0.2, 0.25) is 0 Å². The highest BCUT2D eigenvalue weighted by atomic mass is 32.2. The Bertz CT molecular complexity index is 525. The van der Waals surface area contributed by atoms with Gasteiger partial charge in [0, 0.05) is 22.7 Å². The van der Waals surface area contributed by atoms with Crippen LogP contribution in [0.3, 0.4) is 0 Å². The van der Waals surface area contributed by atoms with Gasteiger partial charge in [0.05, 0.1) is 6.61 Å². The lowest BCUT2D eigenvalue weighted by Gasteiger charge is -2.16. The molecule has 2 aromatic rings. The molecule has 0 unspecified atom stereocenters. The van der Waals surface area contributed by atoms with E-state index in [0.29, 0.717) is 0 Å². The minimum absolute atomic E-state index is 0.0149. The minimum atomic E-state index is -0.0149. The highest BCUT2D eigenvalue weighted by Crippen LogP contribution is 2.32. The Morgan fingerprint density at radius 3 is 2.72 bits per heavy atom. The zero-order valence-electron chi connectivity index (χ0n) is 10.8. The third-order valence-corrected chi connectivity index (χ3v) is 3.51. The van der Waals surface area contributed by atoms with E-state index in [4.69, 9.17) is 10.5 Å². The molecular formula is C15H19NOS. The Balaban J connectivity index is 2.45. The van der Waals surface area contributed by atoms with Gasteiger partial charge in [-0.2, -0.15) is 11.8 Å². The van der Waals surface area contributed by atoms with E-state index in [1.165, 1.54) is 5.39 Å². The number of hydrogen-bond donors (Lipinski definition) is 1. The summed E-state index contributed by atoms with van der Waals surface area (Å²) in [6, 6.07) is 12.4. The molecule has 0 aromatic heterocycles. The van der Waals surface area contributed by atoms with E-state index in [0.717, 1.165) is 29.1 Å². The van der Waals surface area contributed by atoms with Crippen molar-refractivity contribution in [3.8, 4) is 5.75 Å². The van der Waals surface area contributed by atoms with E-state index in [1.54, 1.807) is 11.8 Å². The van der Waals surface area contributed by atoms with Crippen molar-refractivity contribution in [2.45, 2.75) is 13.0 Å². The largest absolute Gasteiger partial charge is 0.492 e. The van der Waals surface area contributed by atoms with E-state index in [-0.39, 0.29) is 6.04 Å². The summed E-state index contributed by atoms with van der Waals surface area (Å²) in [4.78, 5) is 0. The smallest absolute Gasteiger partial charge is 0.131 e. The van der Waals surface area contributed by atoms with E-state index in [9.17, 15) is 0 Å². The van der Waals surface area contributed by atoms with Crippen molar-refractivity contribution in [1.29, 1.82) is 0 Å². The summed E-state index contributed by atoms with van der Waals surface area (Å²) in [7, 11) is 0. The average Bonchev–Trinajstić information content (AvgIpc) is 2.38. The highest BCUT2D eigenvalue weighted by molar-refractivity contribution is 7.98. The van der Waals surface area contributed by atoms with Crippen LogP contribution >= 0.6 is 11.8 Å². The molecule has 2 rings (SSSR count). The summed E-state index contributed by atoms with van der Waals surface area (Å²) >= 11 is 1.78. The number of rotatable bonds is 5. The topological polar surface area (TPSA) is 35.2 Å². The molecule has 0 spiro atoms. The van der Waals surface area contributed by atoms with Gasteiger partial charge in [-0.3, -0.25) is 0 Å². The van der Waals surface area contributed by atoms with Gasteiger partial charge in [-0.15, -0.1) is 0 Å². The van der Waals surface area contributed by atoms with Gasteiger partial charge in [0.1, 0.15) is 5.75 Å². The summed E-state index contributed by atoms with van der Waals surface area (Å²) in [6.07, 6.45) is 2.08. The Morgan fingerprint density at radius 1 is 1.22 bits per heavy atom. The molecule has 1 atom stereocenters. The molecule has 0 aliphatic carbocycles. The van der Waals surface area contributed by atoms with E-state index in [2.05, 4.69) is 30.5 Å². The molecule has 0 heterocycles. The van der Waals surface area contributed by atoms with E-state index < -0.39 is 0 Å². The second-order valence-electron chi connectivity index (χ2n) is 4.33. The Labute approximate surface area is 113 Å². The molecule has 96 valence electrons. The number of nitrogens with two attached hydrogens (primary N) is 1. The van der Waals surface area contributed by atoms with Gasteiger partial charge in [0.25, 0.3) is 0 Å². The SMILES string of the molecule is CSCCOc1c([C@H](C)N)ccc2ccccc12. The quantitative estimate of drug-likeness (QED) is 0.835. The van der Waals surface area contributed by atoms with Crippen molar-refractivity contribution in [3.63, 3.8) is 0 Å².